The lowest BCUT2D eigenvalue weighted by molar-refractivity contribution is 0.0550. The van der Waals surface area contributed by atoms with Crippen LogP contribution in [0.25, 0.3) is 0 Å². The fourth-order valence-electron chi connectivity index (χ4n) is 3.68. The number of rotatable bonds is 1. The van der Waals surface area contributed by atoms with Crippen LogP contribution in [0.1, 0.15) is 52.9 Å². The van der Waals surface area contributed by atoms with Gasteiger partial charge < -0.3 is 5.73 Å². The third-order valence-electron chi connectivity index (χ3n) is 4.57. The van der Waals surface area contributed by atoms with Gasteiger partial charge in [-0.1, -0.05) is 33.6 Å². The van der Waals surface area contributed by atoms with Gasteiger partial charge in [-0.2, -0.15) is 0 Å². The number of hydrogen-bond acceptors (Lipinski definition) is 2. The molecule has 0 bridgehead atoms. The molecular formula is C14H28N2. The fraction of sp³-hybridized carbons (Fsp3) is 1.00. The molecule has 94 valence electrons. The largest absolute Gasteiger partial charge is 0.326 e. The highest BCUT2D eigenvalue weighted by molar-refractivity contribution is 4.93. The van der Waals surface area contributed by atoms with Gasteiger partial charge in [-0.05, 0) is 30.6 Å². The molecule has 2 rings (SSSR count). The number of likely N-dealkylation sites (tertiary alicyclic amines) is 1. The number of hydrogen-bond donors (Lipinski definition) is 1. The van der Waals surface area contributed by atoms with Crippen LogP contribution in [-0.2, 0) is 0 Å². The third kappa shape index (κ3) is 2.60. The van der Waals surface area contributed by atoms with Gasteiger partial charge in [0.25, 0.3) is 0 Å². The minimum atomic E-state index is 0.433. The summed E-state index contributed by atoms with van der Waals surface area (Å²) >= 11 is 0. The van der Waals surface area contributed by atoms with E-state index in [-0.39, 0.29) is 0 Å². The zero-order valence-corrected chi connectivity index (χ0v) is 11.2. The summed E-state index contributed by atoms with van der Waals surface area (Å²) in [7, 11) is 0. The van der Waals surface area contributed by atoms with Crippen LogP contribution in [-0.4, -0.2) is 30.1 Å². The van der Waals surface area contributed by atoms with Gasteiger partial charge in [0.05, 0.1) is 0 Å². The Morgan fingerprint density at radius 3 is 2.31 bits per heavy atom. The van der Waals surface area contributed by atoms with E-state index in [0.717, 1.165) is 18.5 Å². The summed E-state index contributed by atoms with van der Waals surface area (Å²) < 4.78 is 0. The standard InChI is InChI=1S/C14H28N2/c1-14(2,3)12-6-4-5-7-13(12)16-9-8-11(15)10-16/h11-13H,4-10,15H2,1-3H3. The molecule has 2 aliphatic rings. The van der Waals surface area contributed by atoms with Crippen molar-refractivity contribution in [1.29, 1.82) is 0 Å². The van der Waals surface area contributed by atoms with Crippen LogP contribution in [0.2, 0.25) is 0 Å². The fourth-order valence-corrected chi connectivity index (χ4v) is 3.68. The van der Waals surface area contributed by atoms with E-state index < -0.39 is 0 Å². The molecule has 2 nitrogen and oxygen atoms in total. The molecular weight excluding hydrogens is 196 g/mol. The zero-order valence-electron chi connectivity index (χ0n) is 11.2. The maximum Gasteiger partial charge on any atom is 0.0180 e. The van der Waals surface area contributed by atoms with Crippen molar-refractivity contribution in [3.8, 4) is 0 Å². The molecule has 0 aromatic carbocycles. The molecule has 2 N–H and O–H groups in total. The minimum Gasteiger partial charge on any atom is -0.326 e. The molecule has 1 saturated heterocycles. The quantitative estimate of drug-likeness (QED) is 0.742. The molecule has 1 aliphatic heterocycles. The van der Waals surface area contributed by atoms with E-state index >= 15 is 0 Å². The molecule has 1 saturated carbocycles. The van der Waals surface area contributed by atoms with Crippen molar-refractivity contribution in [3.63, 3.8) is 0 Å². The van der Waals surface area contributed by atoms with Crippen molar-refractivity contribution in [2.45, 2.75) is 65.0 Å². The lowest BCUT2D eigenvalue weighted by Crippen LogP contribution is -2.46. The summed E-state index contributed by atoms with van der Waals surface area (Å²) in [6, 6.07) is 1.24. The summed E-state index contributed by atoms with van der Waals surface area (Å²) in [4.78, 5) is 2.68. The van der Waals surface area contributed by atoms with Crippen molar-refractivity contribution >= 4 is 0 Å². The Hall–Kier alpha value is -0.0800. The van der Waals surface area contributed by atoms with E-state index in [9.17, 15) is 0 Å². The average molecular weight is 224 g/mol. The van der Waals surface area contributed by atoms with E-state index in [1.807, 2.05) is 0 Å². The highest BCUT2D eigenvalue weighted by atomic mass is 15.2. The van der Waals surface area contributed by atoms with Crippen LogP contribution in [0.15, 0.2) is 0 Å². The Morgan fingerprint density at radius 2 is 1.75 bits per heavy atom. The predicted octanol–water partition coefficient (Wildman–Crippen LogP) is 2.62. The van der Waals surface area contributed by atoms with Crippen LogP contribution >= 0.6 is 0 Å². The highest BCUT2D eigenvalue weighted by Crippen LogP contribution is 2.41. The monoisotopic (exact) mass is 224 g/mol. The maximum absolute atomic E-state index is 6.04. The molecule has 0 aromatic rings. The van der Waals surface area contributed by atoms with Gasteiger partial charge in [0.2, 0.25) is 0 Å². The Kier molecular flexibility index (Phi) is 3.60. The third-order valence-corrected chi connectivity index (χ3v) is 4.57. The van der Waals surface area contributed by atoms with Crippen LogP contribution in [0, 0.1) is 11.3 Å². The van der Waals surface area contributed by atoms with Crippen molar-refractivity contribution < 1.29 is 0 Å². The van der Waals surface area contributed by atoms with Crippen molar-refractivity contribution in [1.82, 2.24) is 4.90 Å². The molecule has 0 spiro atoms. The SMILES string of the molecule is CC(C)(C)C1CCCCC1N1CCC(N)C1. The zero-order chi connectivity index (χ0) is 11.8. The minimum absolute atomic E-state index is 0.433. The topological polar surface area (TPSA) is 29.3 Å². The summed E-state index contributed by atoms with van der Waals surface area (Å²) in [6.07, 6.45) is 6.86. The summed E-state index contributed by atoms with van der Waals surface area (Å²) in [5, 5.41) is 0. The molecule has 2 heteroatoms. The predicted molar refractivity (Wildman–Crippen MR) is 69.4 cm³/mol. The molecule has 16 heavy (non-hydrogen) atoms. The van der Waals surface area contributed by atoms with Crippen molar-refractivity contribution in [2.75, 3.05) is 13.1 Å². The van der Waals surface area contributed by atoms with Gasteiger partial charge in [0.15, 0.2) is 0 Å². The summed E-state index contributed by atoms with van der Waals surface area (Å²) in [6.45, 7) is 9.60. The second kappa shape index (κ2) is 4.66. The first-order valence-corrected chi connectivity index (χ1v) is 6.98. The van der Waals surface area contributed by atoms with Gasteiger partial charge in [-0.15, -0.1) is 0 Å². The van der Waals surface area contributed by atoms with Crippen molar-refractivity contribution in [3.05, 3.63) is 0 Å². The van der Waals surface area contributed by atoms with Crippen molar-refractivity contribution in [2.24, 2.45) is 17.1 Å². The number of nitrogens with two attached hydrogens (primary N) is 1. The first-order chi connectivity index (χ1) is 7.48. The van der Waals surface area contributed by atoms with Crippen LogP contribution < -0.4 is 5.73 Å². The first kappa shape index (κ1) is 12.4. The molecule has 0 radical (unpaired) electrons. The lowest BCUT2D eigenvalue weighted by atomic mass is 9.69. The number of nitrogens with zero attached hydrogens (tertiary/aromatic N) is 1. The molecule has 2 fully saturated rings. The Morgan fingerprint density at radius 1 is 1.06 bits per heavy atom. The highest BCUT2D eigenvalue weighted by Gasteiger charge is 2.38. The Balaban J connectivity index is 2.05. The summed E-state index contributed by atoms with van der Waals surface area (Å²) in [5.41, 5.74) is 6.50. The Labute approximate surface area is 101 Å². The summed E-state index contributed by atoms with van der Waals surface area (Å²) in [5.74, 6) is 0.867. The van der Waals surface area contributed by atoms with Gasteiger partial charge in [-0.3, -0.25) is 4.90 Å². The normalized spacial score (nSPS) is 37.9. The van der Waals surface area contributed by atoms with Crippen LogP contribution in [0.3, 0.4) is 0 Å². The first-order valence-electron chi connectivity index (χ1n) is 6.98. The van der Waals surface area contributed by atoms with E-state index in [1.54, 1.807) is 0 Å². The van der Waals surface area contributed by atoms with E-state index in [0.29, 0.717) is 11.5 Å². The second-order valence-electron chi connectivity index (χ2n) is 6.87. The van der Waals surface area contributed by atoms with E-state index in [2.05, 4.69) is 25.7 Å². The molecule has 0 amide bonds. The van der Waals surface area contributed by atoms with Gasteiger partial charge in [0, 0.05) is 25.2 Å². The van der Waals surface area contributed by atoms with Crippen LogP contribution in [0.4, 0.5) is 0 Å². The van der Waals surface area contributed by atoms with E-state index in [1.165, 1.54) is 38.6 Å². The molecule has 1 aliphatic carbocycles. The van der Waals surface area contributed by atoms with Gasteiger partial charge >= 0.3 is 0 Å². The average Bonchev–Trinajstić information content (AvgIpc) is 2.64. The van der Waals surface area contributed by atoms with Crippen LogP contribution in [0.5, 0.6) is 0 Å². The Bertz CT molecular complexity index is 231. The molecule has 0 aromatic heterocycles. The maximum atomic E-state index is 6.04. The molecule has 3 atom stereocenters. The second-order valence-corrected chi connectivity index (χ2v) is 6.87. The van der Waals surface area contributed by atoms with Gasteiger partial charge in [0.1, 0.15) is 0 Å². The van der Waals surface area contributed by atoms with Gasteiger partial charge in [-0.25, -0.2) is 0 Å². The lowest BCUT2D eigenvalue weighted by Gasteiger charge is -2.44. The molecule has 1 heterocycles. The van der Waals surface area contributed by atoms with E-state index in [4.69, 9.17) is 5.73 Å². The molecule has 3 unspecified atom stereocenters. The smallest absolute Gasteiger partial charge is 0.0180 e.